The first-order chi connectivity index (χ1) is 30.7. The summed E-state index contributed by atoms with van der Waals surface area (Å²) in [6.45, 7) is 8.90. The molecule has 3 fully saturated rings. The van der Waals surface area contributed by atoms with Crippen LogP contribution >= 0.6 is 0 Å². The Morgan fingerprint density at radius 1 is 1.09 bits per heavy atom. The minimum Gasteiger partial charge on any atom is -0.492 e. The number of hydrogen-bond acceptors (Lipinski definition) is 12. The van der Waals surface area contributed by atoms with Crippen molar-refractivity contribution in [3.05, 3.63) is 41.6 Å². The van der Waals surface area contributed by atoms with Crippen molar-refractivity contribution in [1.82, 2.24) is 30.6 Å². The molecule has 6 rings (SSSR count). The SMILES string of the molecule is CCCCCC=CC1CCC1(NC(=O)C1CC2(CCc3c(c(C(F)(F)F)nc4ccc(OCCNCCO)cc34)O2)CN1C(=O)CNC(=O)OC(C)C(C)C)C(=O)NS(=O)(=O)C1(C)CC1. The van der Waals surface area contributed by atoms with Gasteiger partial charge in [0, 0.05) is 36.4 Å². The fourth-order valence-electron chi connectivity index (χ4n) is 8.50. The Balaban J connectivity index is 1.33. The Morgan fingerprint density at radius 2 is 1.85 bits per heavy atom. The number of likely N-dealkylation sites (tertiary alicyclic amines) is 1. The molecule has 2 aromatic rings. The third kappa shape index (κ3) is 11.1. The molecular formula is C45H63F3N6O10S. The summed E-state index contributed by atoms with van der Waals surface area (Å²) in [5, 5.41) is 17.6. The zero-order valence-corrected chi connectivity index (χ0v) is 38.6. The van der Waals surface area contributed by atoms with Gasteiger partial charge in [0.2, 0.25) is 21.8 Å². The molecule has 65 heavy (non-hydrogen) atoms. The molecule has 2 saturated carbocycles. The van der Waals surface area contributed by atoms with Gasteiger partial charge in [-0.2, -0.15) is 13.2 Å². The largest absolute Gasteiger partial charge is 0.492 e. The zero-order chi connectivity index (χ0) is 47.4. The first-order valence-corrected chi connectivity index (χ1v) is 24.1. The van der Waals surface area contributed by atoms with E-state index in [1.165, 1.54) is 19.1 Å². The van der Waals surface area contributed by atoms with Crippen LogP contribution in [0.25, 0.3) is 10.9 Å². The third-order valence-corrected chi connectivity index (χ3v) is 15.5. The van der Waals surface area contributed by atoms with Crippen LogP contribution < -0.4 is 30.1 Å². The van der Waals surface area contributed by atoms with Gasteiger partial charge in [-0.3, -0.25) is 19.1 Å². The van der Waals surface area contributed by atoms with Gasteiger partial charge in [0.15, 0.2) is 11.4 Å². The normalized spacial score (nSPS) is 24.0. The minimum atomic E-state index is -4.96. The summed E-state index contributed by atoms with van der Waals surface area (Å²) in [5.41, 5.74) is -4.29. The quantitative estimate of drug-likeness (QED) is 0.0872. The number of nitrogens with zero attached hydrogens (tertiary/aromatic N) is 2. The Hall–Kier alpha value is -4.69. The van der Waals surface area contributed by atoms with Crippen LogP contribution in [-0.4, -0.2) is 115 Å². The van der Waals surface area contributed by atoms with Gasteiger partial charge in [-0.25, -0.2) is 18.2 Å². The van der Waals surface area contributed by atoms with E-state index in [1.54, 1.807) is 19.1 Å². The first kappa shape index (κ1) is 49.7. The van der Waals surface area contributed by atoms with Crippen LogP contribution in [-0.2, 0) is 41.7 Å². The summed E-state index contributed by atoms with van der Waals surface area (Å²) in [5.74, 6) is -3.32. The van der Waals surface area contributed by atoms with E-state index >= 15 is 0 Å². The molecule has 5 unspecified atom stereocenters. The van der Waals surface area contributed by atoms with E-state index in [9.17, 15) is 40.8 Å². The Morgan fingerprint density at radius 3 is 2.49 bits per heavy atom. The second kappa shape index (κ2) is 20.0. The van der Waals surface area contributed by atoms with E-state index in [0.29, 0.717) is 49.9 Å². The summed E-state index contributed by atoms with van der Waals surface area (Å²) in [6.07, 6.45) is 1.95. The lowest BCUT2D eigenvalue weighted by molar-refractivity contribution is -0.144. The summed E-state index contributed by atoms with van der Waals surface area (Å²) < 4.78 is 90.1. The lowest BCUT2D eigenvalue weighted by Gasteiger charge is -2.47. The fraction of sp³-hybridized carbons (Fsp3) is 0.667. The van der Waals surface area contributed by atoms with Crippen molar-refractivity contribution in [2.75, 3.05) is 39.4 Å². The highest BCUT2D eigenvalue weighted by Gasteiger charge is 2.59. The number of alkyl halides is 3. The van der Waals surface area contributed by atoms with Gasteiger partial charge in [0.05, 0.1) is 23.4 Å². The van der Waals surface area contributed by atoms with Crippen LogP contribution in [0.15, 0.2) is 30.4 Å². The molecule has 20 heteroatoms. The number of fused-ring (bicyclic) bond motifs is 3. The predicted molar refractivity (Wildman–Crippen MR) is 234 cm³/mol. The molecule has 1 saturated heterocycles. The molecule has 5 atom stereocenters. The van der Waals surface area contributed by atoms with Gasteiger partial charge in [-0.15, -0.1) is 0 Å². The van der Waals surface area contributed by atoms with Crippen LogP contribution in [0.4, 0.5) is 18.0 Å². The Labute approximate surface area is 378 Å². The number of alkyl carbamates (subject to hydrolysis) is 1. The number of carbonyl (C=O) groups excluding carboxylic acids is 4. The van der Waals surface area contributed by atoms with Crippen molar-refractivity contribution in [3.63, 3.8) is 0 Å². The summed E-state index contributed by atoms with van der Waals surface area (Å²) in [7, 11) is -4.13. The summed E-state index contributed by atoms with van der Waals surface area (Å²) in [6, 6.07) is 3.11. The number of unbranched alkanes of at least 4 members (excludes halogenated alkanes) is 3. The molecule has 3 heterocycles. The first-order valence-electron chi connectivity index (χ1n) is 22.6. The number of pyridine rings is 1. The van der Waals surface area contributed by atoms with Gasteiger partial charge in [-0.1, -0.05) is 45.8 Å². The Bertz CT molecular complexity index is 2240. The van der Waals surface area contributed by atoms with Gasteiger partial charge in [0.1, 0.15) is 42.2 Å². The van der Waals surface area contributed by atoms with E-state index in [1.807, 2.05) is 19.9 Å². The molecule has 360 valence electrons. The molecule has 2 aliphatic heterocycles. The van der Waals surface area contributed by atoms with Crippen LogP contribution in [0.5, 0.6) is 11.5 Å². The number of benzene rings is 1. The monoisotopic (exact) mass is 936 g/mol. The molecule has 4 amide bonds. The highest BCUT2D eigenvalue weighted by atomic mass is 32.2. The maximum absolute atomic E-state index is 14.9. The second-order valence-electron chi connectivity index (χ2n) is 18.4. The number of aryl methyl sites for hydroxylation is 1. The van der Waals surface area contributed by atoms with Crippen LogP contribution in [0, 0.1) is 11.8 Å². The number of hydrogen-bond donors (Lipinski definition) is 5. The molecular weight excluding hydrogens is 874 g/mol. The van der Waals surface area contributed by atoms with Gasteiger partial charge in [-0.05, 0) is 89.3 Å². The maximum atomic E-state index is 14.9. The fourth-order valence-corrected chi connectivity index (χ4v) is 9.81. The lowest BCUT2D eigenvalue weighted by Crippen LogP contribution is -2.70. The van der Waals surface area contributed by atoms with Crippen molar-refractivity contribution < 1.29 is 60.1 Å². The van der Waals surface area contributed by atoms with Gasteiger partial charge >= 0.3 is 12.3 Å². The van der Waals surface area contributed by atoms with Crippen molar-refractivity contribution in [1.29, 1.82) is 0 Å². The molecule has 1 spiro atoms. The molecule has 16 nitrogen and oxygen atoms in total. The van der Waals surface area contributed by atoms with E-state index in [2.05, 4.69) is 32.6 Å². The van der Waals surface area contributed by atoms with E-state index in [4.69, 9.17) is 19.3 Å². The zero-order valence-electron chi connectivity index (χ0n) is 37.8. The number of nitrogens with one attached hydrogen (secondary N) is 4. The number of sulfonamides is 1. The number of carbonyl (C=O) groups is 4. The molecule has 0 radical (unpaired) electrons. The van der Waals surface area contributed by atoms with Crippen LogP contribution in [0.3, 0.4) is 0 Å². The highest BCUT2D eigenvalue weighted by molar-refractivity contribution is 7.91. The number of halogens is 3. The van der Waals surface area contributed by atoms with E-state index < -0.39 is 92.0 Å². The van der Waals surface area contributed by atoms with Gasteiger partial charge < -0.3 is 40.2 Å². The number of aliphatic hydroxyl groups is 1. The molecule has 0 bridgehead atoms. The topological polar surface area (TPSA) is 215 Å². The number of allylic oxidation sites excluding steroid dienone is 1. The second-order valence-corrected chi connectivity index (χ2v) is 20.6. The average Bonchev–Trinajstić information content (AvgIpc) is 3.91. The number of aromatic nitrogens is 1. The average molecular weight is 937 g/mol. The number of rotatable bonds is 20. The summed E-state index contributed by atoms with van der Waals surface area (Å²) in [4.78, 5) is 61.0. The lowest BCUT2D eigenvalue weighted by atomic mass is 9.65. The van der Waals surface area contributed by atoms with Crippen LogP contribution in [0.1, 0.15) is 110 Å². The van der Waals surface area contributed by atoms with Crippen molar-refractivity contribution in [2.45, 2.75) is 139 Å². The molecule has 5 N–H and O–H groups in total. The van der Waals surface area contributed by atoms with E-state index in [-0.39, 0.29) is 62.4 Å². The number of amides is 4. The molecule has 1 aromatic heterocycles. The van der Waals surface area contributed by atoms with Gasteiger partial charge in [0.25, 0.3) is 5.91 Å². The predicted octanol–water partition coefficient (Wildman–Crippen LogP) is 5.05. The number of ether oxygens (including phenoxy) is 3. The van der Waals surface area contributed by atoms with Crippen molar-refractivity contribution >= 4 is 44.7 Å². The molecule has 4 aliphatic rings. The Kier molecular flexibility index (Phi) is 15.3. The summed E-state index contributed by atoms with van der Waals surface area (Å²) >= 11 is 0. The smallest absolute Gasteiger partial charge is 0.437 e. The third-order valence-electron chi connectivity index (χ3n) is 13.3. The highest BCUT2D eigenvalue weighted by Crippen LogP contribution is 2.49. The van der Waals surface area contributed by atoms with Crippen LogP contribution in [0.2, 0.25) is 0 Å². The molecule has 1 aromatic carbocycles. The number of aliphatic hydroxyl groups excluding tert-OH is 1. The van der Waals surface area contributed by atoms with E-state index in [0.717, 1.165) is 24.2 Å². The van der Waals surface area contributed by atoms with Crippen molar-refractivity contribution in [3.8, 4) is 11.5 Å². The standard InChI is InChI=1S/C45H63F3N6O10S/c1-6-7-8-9-10-11-30-14-17-44(30,40(58)53-65(60,61)42(5)18-19-42)52-39(57)35-25-43(27-54(35)36(56)26-50-41(59)63-29(4)28(2)3)16-15-32-33-24-31(62-23-21-49-20-22-55)12-13-34(33)51-38(37(32)64-43)45(46,47)48/h10-13,24,28-30,35,49,55H,6-9,14-23,25-27H2,1-5H3,(H,50,59)(H,52,57)(H,53,58). The molecule has 2 aliphatic carbocycles. The maximum Gasteiger partial charge on any atom is 0.437 e. The minimum absolute atomic E-state index is 0.0286. The van der Waals surface area contributed by atoms with Crippen molar-refractivity contribution in [2.24, 2.45) is 11.8 Å².